The van der Waals surface area contributed by atoms with Crippen LogP contribution in [0.4, 0.5) is 18.9 Å². The number of anilines is 1. The van der Waals surface area contributed by atoms with Gasteiger partial charge in [-0.1, -0.05) is 49.6 Å². The number of aryl methyl sites for hydroxylation is 2. The average Bonchev–Trinajstić information content (AvgIpc) is 3.20. The Hall–Kier alpha value is -3.20. The summed E-state index contributed by atoms with van der Waals surface area (Å²) < 4.78 is 39.8. The highest BCUT2D eigenvalue weighted by Gasteiger charge is 2.37. The molecule has 1 fully saturated rings. The first kappa shape index (κ1) is 25.9. The van der Waals surface area contributed by atoms with Gasteiger partial charge in [0.15, 0.2) is 0 Å². The molecular formula is C27H28F3N3O2S. The predicted octanol–water partition coefficient (Wildman–Crippen LogP) is 6.62. The minimum atomic E-state index is -4.51. The lowest BCUT2D eigenvalue weighted by Gasteiger charge is -2.33. The number of nitrogens with one attached hydrogen (secondary N) is 1. The molecule has 190 valence electrons. The fourth-order valence-corrected chi connectivity index (χ4v) is 5.47. The summed E-state index contributed by atoms with van der Waals surface area (Å²) in [7, 11) is 0. The Kier molecular flexibility index (Phi) is 7.78. The molecule has 2 amide bonds. The number of rotatable bonds is 6. The summed E-state index contributed by atoms with van der Waals surface area (Å²) in [6, 6.07) is 12.0. The van der Waals surface area contributed by atoms with Gasteiger partial charge in [-0.15, -0.1) is 11.3 Å². The lowest BCUT2D eigenvalue weighted by atomic mass is 9.94. The molecule has 1 atom stereocenters. The molecule has 1 N–H and O–H groups in total. The number of benzene rings is 2. The second-order valence-corrected chi connectivity index (χ2v) is 10.2. The van der Waals surface area contributed by atoms with Crippen molar-refractivity contribution < 1.29 is 22.8 Å². The van der Waals surface area contributed by atoms with E-state index in [1.165, 1.54) is 28.4 Å². The number of hydrogen-bond acceptors (Lipinski definition) is 4. The van der Waals surface area contributed by atoms with E-state index in [1.54, 1.807) is 44.2 Å². The monoisotopic (exact) mass is 515 g/mol. The van der Waals surface area contributed by atoms with Gasteiger partial charge < -0.3 is 5.32 Å². The van der Waals surface area contributed by atoms with Crippen molar-refractivity contribution in [3.05, 3.63) is 81.3 Å². The van der Waals surface area contributed by atoms with Gasteiger partial charge in [0.25, 0.3) is 5.91 Å². The van der Waals surface area contributed by atoms with Gasteiger partial charge in [-0.25, -0.2) is 4.98 Å². The van der Waals surface area contributed by atoms with Gasteiger partial charge in [0.2, 0.25) is 5.91 Å². The van der Waals surface area contributed by atoms with Crippen molar-refractivity contribution in [1.82, 2.24) is 10.3 Å². The van der Waals surface area contributed by atoms with Gasteiger partial charge in [0.1, 0.15) is 10.9 Å². The first-order valence-corrected chi connectivity index (χ1v) is 12.8. The molecule has 0 spiro atoms. The van der Waals surface area contributed by atoms with Gasteiger partial charge in [0.05, 0.1) is 16.3 Å². The number of para-hydroxylation sites is 1. The largest absolute Gasteiger partial charge is 0.416 e. The SMILES string of the molecule is Cc1nc(C)c(C(=O)N(c2ccccc2)C(C(=O)NC2CCCCC2)c2ccc(C(F)(F)F)cc2)s1. The molecule has 4 rings (SSSR count). The summed E-state index contributed by atoms with van der Waals surface area (Å²) in [6.07, 6.45) is 0.251. The summed E-state index contributed by atoms with van der Waals surface area (Å²) in [5, 5.41) is 3.78. The van der Waals surface area contributed by atoms with Crippen LogP contribution in [0.3, 0.4) is 0 Å². The van der Waals surface area contributed by atoms with Crippen LogP contribution in [0.15, 0.2) is 54.6 Å². The fourth-order valence-electron chi connectivity index (χ4n) is 4.61. The predicted molar refractivity (Wildman–Crippen MR) is 134 cm³/mol. The van der Waals surface area contributed by atoms with Crippen molar-refractivity contribution in [3.8, 4) is 0 Å². The molecule has 1 unspecified atom stereocenters. The average molecular weight is 516 g/mol. The van der Waals surface area contributed by atoms with Crippen LogP contribution in [-0.4, -0.2) is 22.8 Å². The molecular weight excluding hydrogens is 487 g/mol. The smallest absolute Gasteiger partial charge is 0.351 e. The van der Waals surface area contributed by atoms with Crippen molar-refractivity contribution in [1.29, 1.82) is 0 Å². The topological polar surface area (TPSA) is 62.3 Å². The summed E-state index contributed by atoms with van der Waals surface area (Å²) in [5.74, 6) is -0.842. The van der Waals surface area contributed by atoms with E-state index in [9.17, 15) is 22.8 Å². The molecule has 36 heavy (non-hydrogen) atoms. The van der Waals surface area contributed by atoms with E-state index in [-0.39, 0.29) is 6.04 Å². The first-order chi connectivity index (χ1) is 17.1. The molecule has 1 saturated carbocycles. The van der Waals surface area contributed by atoms with E-state index in [4.69, 9.17) is 0 Å². The third kappa shape index (κ3) is 5.78. The number of thiazole rings is 1. The Balaban J connectivity index is 1.81. The molecule has 2 aromatic carbocycles. The van der Waals surface area contributed by atoms with Crippen molar-refractivity contribution in [2.45, 2.75) is 64.2 Å². The third-order valence-electron chi connectivity index (χ3n) is 6.36. The number of alkyl halides is 3. The zero-order valence-corrected chi connectivity index (χ0v) is 21.0. The zero-order valence-electron chi connectivity index (χ0n) is 20.1. The van der Waals surface area contributed by atoms with Crippen molar-refractivity contribution in [3.63, 3.8) is 0 Å². The highest BCUT2D eigenvalue weighted by molar-refractivity contribution is 7.13. The highest BCUT2D eigenvalue weighted by atomic mass is 32.1. The van der Waals surface area contributed by atoms with Gasteiger partial charge >= 0.3 is 6.18 Å². The molecule has 5 nitrogen and oxygen atoms in total. The van der Waals surface area contributed by atoms with Gasteiger partial charge in [-0.3, -0.25) is 14.5 Å². The lowest BCUT2D eigenvalue weighted by Crippen LogP contribution is -2.47. The molecule has 0 aliphatic heterocycles. The van der Waals surface area contributed by atoms with Crippen LogP contribution >= 0.6 is 11.3 Å². The molecule has 0 saturated heterocycles. The summed E-state index contributed by atoms with van der Waals surface area (Å²) in [4.78, 5) is 33.9. The second kappa shape index (κ2) is 10.8. The van der Waals surface area contributed by atoms with Gasteiger partial charge in [0, 0.05) is 11.7 Å². The standard InChI is InChI=1S/C27H28F3N3O2S/c1-17-24(36-18(2)31-17)26(35)33(22-11-7-4-8-12-22)23(25(34)32-21-9-5-3-6-10-21)19-13-15-20(16-14-19)27(28,29)30/h4,7-8,11-16,21,23H,3,5-6,9-10H2,1-2H3,(H,32,34). The molecule has 9 heteroatoms. The van der Waals surface area contributed by atoms with E-state index in [0.717, 1.165) is 44.2 Å². The van der Waals surface area contributed by atoms with Gasteiger partial charge in [-0.2, -0.15) is 13.2 Å². The molecule has 1 aliphatic carbocycles. The quantitative estimate of drug-likeness (QED) is 0.402. The zero-order chi connectivity index (χ0) is 25.9. The van der Waals surface area contributed by atoms with Crippen LogP contribution in [0.25, 0.3) is 0 Å². The van der Waals surface area contributed by atoms with Crippen molar-refractivity contribution in [2.24, 2.45) is 0 Å². The molecule has 3 aromatic rings. The van der Waals surface area contributed by atoms with Crippen LogP contribution in [-0.2, 0) is 11.0 Å². The minimum Gasteiger partial charge on any atom is -0.351 e. The third-order valence-corrected chi connectivity index (χ3v) is 7.42. The Morgan fingerprint density at radius 3 is 2.19 bits per heavy atom. The number of aromatic nitrogens is 1. The Labute approximate surface area is 212 Å². The van der Waals surface area contributed by atoms with Crippen LogP contribution in [0.5, 0.6) is 0 Å². The number of nitrogens with zero attached hydrogens (tertiary/aromatic N) is 2. The summed E-state index contributed by atoms with van der Waals surface area (Å²) in [6.45, 7) is 3.53. The van der Waals surface area contributed by atoms with Crippen molar-refractivity contribution >= 4 is 28.8 Å². The van der Waals surface area contributed by atoms with E-state index in [0.29, 0.717) is 26.8 Å². The number of carbonyl (C=O) groups excluding carboxylic acids is 2. The lowest BCUT2D eigenvalue weighted by molar-refractivity contribution is -0.137. The summed E-state index contributed by atoms with van der Waals surface area (Å²) >= 11 is 1.23. The first-order valence-electron chi connectivity index (χ1n) is 12.0. The molecule has 1 aliphatic rings. The van der Waals surface area contributed by atoms with Crippen LogP contribution in [0.2, 0.25) is 0 Å². The number of amides is 2. The Morgan fingerprint density at radius 2 is 1.64 bits per heavy atom. The van der Waals surface area contributed by atoms with E-state index in [2.05, 4.69) is 10.3 Å². The number of halogens is 3. The molecule has 1 aromatic heterocycles. The molecule has 0 radical (unpaired) electrons. The van der Waals surface area contributed by atoms with Crippen LogP contribution in [0, 0.1) is 13.8 Å². The summed E-state index contributed by atoms with van der Waals surface area (Å²) in [5.41, 5.74) is 0.496. The van der Waals surface area contributed by atoms with Crippen molar-refractivity contribution in [2.75, 3.05) is 4.90 Å². The fraction of sp³-hybridized carbons (Fsp3) is 0.370. The Bertz CT molecular complexity index is 1200. The maximum Gasteiger partial charge on any atom is 0.416 e. The number of hydrogen-bond donors (Lipinski definition) is 1. The van der Waals surface area contributed by atoms with E-state index in [1.807, 2.05) is 0 Å². The normalized spacial score (nSPS) is 15.4. The maximum atomic E-state index is 14.0. The number of carbonyl (C=O) groups is 2. The minimum absolute atomic E-state index is 0.0386. The second-order valence-electron chi connectivity index (χ2n) is 9.02. The highest BCUT2D eigenvalue weighted by Crippen LogP contribution is 2.35. The van der Waals surface area contributed by atoms with E-state index >= 15 is 0 Å². The van der Waals surface area contributed by atoms with Gasteiger partial charge in [-0.05, 0) is 56.5 Å². The molecule has 0 bridgehead atoms. The van der Waals surface area contributed by atoms with Crippen LogP contribution in [0.1, 0.15) is 69.6 Å². The maximum absolute atomic E-state index is 14.0. The van der Waals surface area contributed by atoms with E-state index < -0.39 is 29.6 Å². The Morgan fingerprint density at radius 1 is 1.00 bits per heavy atom. The molecule has 1 heterocycles. The van der Waals surface area contributed by atoms with Crippen LogP contribution < -0.4 is 10.2 Å².